The molecule has 4 rings (SSSR count). The Balaban J connectivity index is 1.85. The van der Waals surface area contributed by atoms with Crippen molar-refractivity contribution < 1.29 is 23.7 Å². The van der Waals surface area contributed by atoms with E-state index < -0.39 is 23.2 Å². The van der Waals surface area contributed by atoms with Gasteiger partial charge in [0.15, 0.2) is 5.79 Å². The van der Waals surface area contributed by atoms with Gasteiger partial charge in [0.2, 0.25) is 0 Å². The number of allylic oxidation sites excluding steroid dienone is 2. The number of rotatable bonds is 8. The van der Waals surface area contributed by atoms with Crippen molar-refractivity contribution in [3.8, 4) is 11.8 Å². The number of hydrogen-bond acceptors (Lipinski definition) is 7. The summed E-state index contributed by atoms with van der Waals surface area (Å²) in [4.78, 5) is 15.1. The minimum Gasteiger partial charge on any atom is -0.497 e. The summed E-state index contributed by atoms with van der Waals surface area (Å²) in [5.74, 6) is -1.25. The fraction of sp³-hybridized carbons (Fsp3) is 0.484. The fourth-order valence-corrected chi connectivity index (χ4v) is 5.65. The van der Waals surface area contributed by atoms with Crippen LogP contribution in [-0.4, -0.2) is 50.1 Å². The van der Waals surface area contributed by atoms with Crippen LogP contribution in [0.15, 0.2) is 66.2 Å². The highest BCUT2D eigenvalue weighted by Gasteiger charge is 2.57. The third-order valence-electron chi connectivity index (χ3n) is 7.75. The second-order valence-electron chi connectivity index (χ2n) is 10.8. The van der Waals surface area contributed by atoms with Crippen molar-refractivity contribution in [2.75, 3.05) is 27.4 Å². The van der Waals surface area contributed by atoms with Gasteiger partial charge in [-0.05, 0) is 64.4 Å². The van der Waals surface area contributed by atoms with Gasteiger partial charge in [-0.2, -0.15) is 5.26 Å². The average molecular weight is 519 g/mol. The molecule has 0 radical (unpaired) electrons. The lowest BCUT2D eigenvalue weighted by atomic mass is 9.70. The lowest BCUT2D eigenvalue weighted by Gasteiger charge is -2.51. The van der Waals surface area contributed by atoms with Crippen LogP contribution in [0.2, 0.25) is 0 Å². The van der Waals surface area contributed by atoms with Crippen LogP contribution in [-0.2, 0) is 24.5 Å². The Bertz CT molecular complexity index is 1180. The van der Waals surface area contributed by atoms with Gasteiger partial charge in [0.1, 0.15) is 17.4 Å². The van der Waals surface area contributed by atoms with E-state index in [0.29, 0.717) is 18.8 Å². The topological polar surface area (TPSA) is 81.0 Å². The van der Waals surface area contributed by atoms with Gasteiger partial charge in [-0.1, -0.05) is 54.1 Å². The number of hydrogen-bond donors (Lipinski definition) is 0. The predicted octanol–water partition coefficient (Wildman–Crippen LogP) is 5.38. The van der Waals surface area contributed by atoms with E-state index in [-0.39, 0.29) is 24.7 Å². The Labute approximate surface area is 225 Å². The quantitative estimate of drug-likeness (QED) is 0.343. The molecule has 5 atom stereocenters. The smallest absolute Gasteiger partial charge is 0.309 e. The van der Waals surface area contributed by atoms with E-state index in [1.54, 1.807) is 7.11 Å². The summed E-state index contributed by atoms with van der Waals surface area (Å²) in [6.45, 7) is 8.32. The normalized spacial score (nSPS) is 26.2. The number of benzene rings is 2. The minimum atomic E-state index is -1.20. The molecule has 38 heavy (non-hydrogen) atoms. The van der Waals surface area contributed by atoms with Crippen molar-refractivity contribution in [2.24, 2.45) is 11.8 Å². The Kier molecular flexibility index (Phi) is 8.27. The van der Waals surface area contributed by atoms with Gasteiger partial charge >= 0.3 is 5.97 Å². The predicted molar refractivity (Wildman–Crippen MR) is 144 cm³/mol. The second kappa shape index (κ2) is 11.3. The lowest BCUT2D eigenvalue weighted by Crippen LogP contribution is -2.60. The Morgan fingerprint density at radius 2 is 1.84 bits per heavy atom. The lowest BCUT2D eigenvalue weighted by molar-refractivity contribution is -0.301. The Hall–Kier alpha value is -3.18. The summed E-state index contributed by atoms with van der Waals surface area (Å²) in [6.07, 6.45) is 2.19. The molecule has 0 saturated carbocycles. The zero-order chi connectivity index (χ0) is 27.5. The van der Waals surface area contributed by atoms with Crippen LogP contribution in [0.25, 0.3) is 0 Å². The van der Waals surface area contributed by atoms with Gasteiger partial charge in [0.25, 0.3) is 0 Å². The molecular formula is C31H38N2O5. The maximum atomic E-state index is 13.0. The number of esters is 1. The van der Waals surface area contributed by atoms with Crippen LogP contribution < -0.4 is 4.74 Å². The first-order valence-corrected chi connectivity index (χ1v) is 13.1. The number of nitrogens with zero attached hydrogens (tertiary/aromatic N) is 2. The molecule has 2 aliphatic rings. The maximum absolute atomic E-state index is 13.0. The molecule has 2 heterocycles. The number of nitriles is 1. The number of ether oxygens (including phenoxy) is 4. The first-order valence-electron chi connectivity index (χ1n) is 13.1. The molecule has 2 aromatic rings. The number of carbonyl (C=O) groups excluding carboxylic acids is 1. The van der Waals surface area contributed by atoms with Gasteiger partial charge < -0.3 is 18.9 Å². The van der Waals surface area contributed by atoms with Gasteiger partial charge in [-0.15, -0.1) is 0 Å². The zero-order valence-corrected chi connectivity index (χ0v) is 23.1. The molecule has 2 saturated heterocycles. The van der Waals surface area contributed by atoms with Gasteiger partial charge in [-0.3, -0.25) is 9.69 Å². The molecule has 2 aliphatic heterocycles. The summed E-state index contributed by atoms with van der Waals surface area (Å²) in [6, 6.07) is 19.9. The molecule has 202 valence electrons. The number of cyclic esters (lactones) is 1. The van der Waals surface area contributed by atoms with Crippen molar-refractivity contribution >= 4 is 5.97 Å². The first kappa shape index (κ1) is 27.8. The highest BCUT2D eigenvalue weighted by Crippen LogP contribution is 2.48. The van der Waals surface area contributed by atoms with Gasteiger partial charge in [-0.25, -0.2) is 0 Å². The fourth-order valence-electron chi connectivity index (χ4n) is 5.65. The Morgan fingerprint density at radius 1 is 1.16 bits per heavy atom. The van der Waals surface area contributed by atoms with E-state index in [4.69, 9.17) is 18.9 Å². The molecule has 7 heteroatoms. The van der Waals surface area contributed by atoms with E-state index >= 15 is 0 Å². The summed E-state index contributed by atoms with van der Waals surface area (Å²) in [5, 5.41) is 11.1. The van der Waals surface area contributed by atoms with Crippen molar-refractivity contribution in [1.29, 1.82) is 5.26 Å². The largest absolute Gasteiger partial charge is 0.497 e. The maximum Gasteiger partial charge on any atom is 0.309 e. The molecule has 0 unspecified atom stereocenters. The van der Waals surface area contributed by atoms with Crippen LogP contribution in [0.5, 0.6) is 5.75 Å². The molecule has 0 N–H and O–H groups in total. The summed E-state index contributed by atoms with van der Waals surface area (Å²) >= 11 is 0. The van der Waals surface area contributed by atoms with E-state index in [1.807, 2.05) is 100 Å². The first-order chi connectivity index (χ1) is 18.1. The summed E-state index contributed by atoms with van der Waals surface area (Å²) in [5.41, 5.74) is 1.68. The molecule has 0 amide bonds. The molecule has 0 aromatic heterocycles. The number of methoxy groups -OCH3 is 1. The van der Waals surface area contributed by atoms with E-state index in [9.17, 15) is 10.1 Å². The van der Waals surface area contributed by atoms with Crippen molar-refractivity contribution in [2.45, 2.75) is 57.6 Å². The molecule has 7 nitrogen and oxygen atoms in total. The van der Waals surface area contributed by atoms with Gasteiger partial charge in [0, 0.05) is 5.92 Å². The molecule has 0 bridgehead atoms. The van der Waals surface area contributed by atoms with Crippen LogP contribution in [0.3, 0.4) is 0 Å². The third-order valence-corrected chi connectivity index (χ3v) is 7.75. The highest BCUT2D eigenvalue weighted by atomic mass is 16.7. The molecule has 2 fully saturated rings. The Morgan fingerprint density at radius 3 is 2.45 bits per heavy atom. The van der Waals surface area contributed by atoms with Crippen LogP contribution >= 0.6 is 0 Å². The van der Waals surface area contributed by atoms with E-state index in [2.05, 4.69) is 6.07 Å². The molecule has 2 aromatic carbocycles. The van der Waals surface area contributed by atoms with Crippen molar-refractivity contribution in [3.05, 3.63) is 77.4 Å². The van der Waals surface area contributed by atoms with Gasteiger partial charge in [0.05, 0.1) is 38.4 Å². The summed E-state index contributed by atoms with van der Waals surface area (Å²) in [7, 11) is 3.54. The standard InChI is InChI=1S/C31H38N2O5/c1-21(2)12-17-25-26(18-36-29(25)34)31(20-32,23-13-15-24(35-6)16-14-23)33(5)27-19-37-30(3,4)38-28(27)22-10-8-7-9-11-22/h7-16,25-28H,17-19H2,1-6H3/t25-,26+,27-,28-,31-/m0/s1. The number of carbonyl (C=O) groups is 1. The third kappa shape index (κ3) is 5.35. The van der Waals surface area contributed by atoms with Crippen LogP contribution in [0.1, 0.15) is 51.3 Å². The molecule has 0 spiro atoms. The van der Waals surface area contributed by atoms with Crippen LogP contribution in [0, 0.1) is 23.2 Å². The molecular weight excluding hydrogens is 480 g/mol. The number of likely N-dealkylation sites (N-methyl/N-ethyl adjacent to an activating group) is 1. The van der Waals surface area contributed by atoms with E-state index in [0.717, 1.165) is 16.7 Å². The molecule has 0 aliphatic carbocycles. The average Bonchev–Trinajstić information content (AvgIpc) is 3.28. The monoisotopic (exact) mass is 518 g/mol. The highest BCUT2D eigenvalue weighted by molar-refractivity contribution is 5.75. The van der Waals surface area contributed by atoms with Crippen molar-refractivity contribution in [1.82, 2.24) is 4.90 Å². The van der Waals surface area contributed by atoms with Crippen LogP contribution in [0.4, 0.5) is 0 Å². The van der Waals surface area contributed by atoms with E-state index in [1.165, 1.54) is 0 Å². The zero-order valence-electron chi connectivity index (χ0n) is 23.1. The minimum absolute atomic E-state index is 0.153. The second-order valence-corrected chi connectivity index (χ2v) is 10.8. The van der Waals surface area contributed by atoms with Crippen molar-refractivity contribution in [3.63, 3.8) is 0 Å². The SMILES string of the molecule is COc1ccc([C@@](C#N)([C@@H]2COC(=O)[C@H]2CC=C(C)C)N(C)[C@H]2COC(C)(C)O[C@H]2c2ccccc2)cc1. The summed E-state index contributed by atoms with van der Waals surface area (Å²) < 4.78 is 23.7.